The van der Waals surface area contributed by atoms with E-state index in [0.29, 0.717) is 17.2 Å². The number of hydrogen-bond donors (Lipinski definition) is 1. The van der Waals surface area contributed by atoms with Gasteiger partial charge in [-0.15, -0.1) is 0 Å². The summed E-state index contributed by atoms with van der Waals surface area (Å²) in [5, 5.41) is 1.83. The first-order valence-corrected chi connectivity index (χ1v) is 11.8. The third-order valence-corrected chi connectivity index (χ3v) is 6.62. The Kier molecular flexibility index (Phi) is 5.35. The van der Waals surface area contributed by atoms with Crippen LogP contribution in [0.5, 0.6) is 11.5 Å². The van der Waals surface area contributed by atoms with Crippen molar-refractivity contribution in [3.8, 4) is 11.5 Å². The number of pyridine rings is 1. The van der Waals surface area contributed by atoms with Gasteiger partial charge in [0.05, 0.1) is 23.4 Å². The number of ether oxygens (including phenoxy) is 2. The molecule has 33 heavy (non-hydrogen) atoms. The number of hydrogen-bond acceptors (Lipinski definition) is 5. The smallest absolute Gasteiger partial charge is 0.261 e. The molecule has 0 atom stereocenters. The summed E-state index contributed by atoms with van der Waals surface area (Å²) in [5.41, 5.74) is 1.93. The molecule has 0 saturated heterocycles. The molecule has 0 aliphatic rings. The number of anilines is 1. The standard InChI is InChI=1S/C25H21N3O4S/c1-31-23-12-10-20(15-24(23)32-17-21-16-28-13-5-4-8-25(28)26-21)27-33(29,30)22-11-9-18-6-2-3-7-19(18)14-22/h2-16,27H,17H2,1H3. The molecule has 2 aromatic heterocycles. The average Bonchev–Trinajstić information content (AvgIpc) is 3.25. The van der Waals surface area contributed by atoms with E-state index in [0.717, 1.165) is 22.1 Å². The van der Waals surface area contributed by atoms with Crippen molar-refractivity contribution < 1.29 is 17.9 Å². The van der Waals surface area contributed by atoms with Gasteiger partial charge in [-0.25, -0.2) is 13.4 Å². The molecule has 0 fully saturated rings. The van der Waals surface area contributed by atoms with Crippen molar-refractivity contribution in [2.24, 2.45) is 0 Å². The minimum Gasteiger partial charge on any atom is -0.493 e. The lowest BCUT2D eigenvalue weighted by Crippen LogP contribution is -2.13. The normalized spacial score (nSPS) is 11.5. The summed E-state index contributed by atoms with van der Waals surface area (Å²) < 4.78 is 41.8. The van der Waals surface area contributed by atoms with E-state index in [1.165, 1.54) is 7.11 Å². The van der Waals surface area contributed by atoms with E-state index in [9.17, 15) is 8.42 Å². The molecule has 7 nitrogen and oxygen atoms in total. The molecule has 0 amide bonds. The zero-order chi connectivity index (χ0) is 22.8. The van der Waals surface area contributed by atoms with E-state index in [2.05, 4.69) is 9.71 Å². The van der Waals surface area contributed by atoms with E-state index >= 15 is 0 Å². The van der Waals surface area contributed by atoms with Gasteiger partial charge in [-0.1, -0.05) is 36.4 Å². The maximum atomic E-state index is 13.0. The number of fused-ring (bicyclic) bond motifs is 2. The molecule has 0 bridgehead atoms. The maximum absolute atomic E-state index is 13.0. The quantitative estimate of drug-likeness (QED) is 0.375. The first kappa shape index (κ1) is 20.8. The number of nitrogens with one attached hydrogen (secondary N) is 1. The van der Waals surface area contributed by atoms with Gasteiger partial charge in [0.2, 0.25) is 0 Å². The summed E-state index contributed by atoms with van der Waals surface area (Å²) in [6.07, 6.45) is 3.79. The van der Waals surface area contributed by atoms with Crippen molar-refractivity contribution in [3.63, 3.8) is 0 Å². The summed E-state index contributed by atoms with van der Waals surface area (Å²) in [7, 11) is -2.25. The van der Waals surface area contributed by atoms with Crippen LogP contribution in [0.3, 0.4) is 0 Å². The lowest BCUT2D eigenvalue weighted by molar-refractivity contribution is 0.281. The summed E-state index contributed by atoms with van der Waals surface area (Å²) in [4.78, 5) is 4.70. The van der Waals surface area contributed by atoms with Crippen molar-refractivity contribution in [1.29, 1.82) is 0 Å². The van der Waals surface area contributed by atoms with Gasteiger partial charge in [0.1, 0.15) is 12.3 Å². The van der Waals surface area contributed by atoms with Crippen molar-refractivity contribution in [3.05, 3.63) is 97.0 Å². The molecule has 1 N–H and O–H groups in total. The number of rotatable bonds is 7. The number of sulfonamides is 1. The molecule has 8 heteroatoms. The fraction of sp³-hybridized carbons (Fsp3) is 0.0800. The highest BCUT2D eigenvalue weighted by Crippen LogP contribution is 2.32. The minimum absolute atomic E-state index is 0.184. The zero-order valence-corrected chi connectivity index (χ0v) is 18.6. The lowest BCUT2D eigenvalue weighted by Gasteiger charge is -2.13. The van der Waals surface area contributed by atoms with Crippen LogP contribution in [0.25, 0.3) is 16.4 Å². The third kappa shape index (κ3) is 4.33. The van der Waals surface area contributed by atoms with Gasteiger partial charge in [0, 0.05) is 18.5 Å². The second-order valence-corrected chi connectivity index (χ2v) is 9.15. The van der Waals surface area contributed by atoms with Crippen molar-refractivity contribution in [2.45, 2.75) is 11.5 Å². The average molecular weight is 460 g/mol. The van der Waals surface area contributed by atoms with E-state index in [1.54, 1.807) is 36.4 Å². The Hall–Kier alpha value is -4.04. The van der Waals surface area contributed by atoms with Crippen LogP contribution in [0.2, 0.25) is 0 Å². The Balaban J connectivity index is 1.38. The van der Waals surface area contributed by atoms with Gasteiger partial charge in [0.25, 0.3) is 10.0 Å². The molecular weight excluding hydrogens is 438 g/mol. The lowest BCUT2D eigenvalue weighted by atomic mass is 10.1. The van der Waals surface area contributed by atoms with Crippen LogP contribution in [-0.4, -0.2) is 24.9 Å². The molecule has 5 rings (SSSR count). The van der Waals surface area contributed by atoms with Crippen LogP contribution in [-0.2, 0) is 16.6 Å². The first-order chi connectivity index (χ1) is 16.0. The number of methoxy groups -OCH3 is 1. The van der Waals surface area contributed by atoms with Crippen LogP contribution in [0.15, 0.2) is 96.2 Å². The van der Waals surface area contributed by atoms with Crippen LogP contribution in [0.4, 0.5) is 5.69 Å². The largest absolute Gasteiger partial charge is 0.493 e. The summed E-state index contributed by atoms with van der Waals surface area (Å²) in [5.74, 6) is 0.903. The molecule has 5 aromatic rings. The number of benzene rings is 3. The number of nitrogens with zero attached hydrogens (tertiary/aromatic N) is 2. The molecule has 2 heterocycles. The molecule has 0 radical (unpaired) electrons. The van der Waals surface area contributed by atoms with E-state index in [4.69, 9.17) is 9.47 Å². The second-order valence-electron chi connectivity index (χ2n) is 7.47. The van der Waals surface area contributed by atoms with Gasteiger partial charge in [-0.2, -0.15) is 0 Å². The summed E-state index contributed by atoms with van der Waals surface area (Å²) >= 11 is 0. The molecule has 0 unspecified atom stereocenters. The van der Waals surface area contributed by atoms with Crippen LogP contribution in [0.1, 0.15) is 5.69 Å². The summed E-state index contributed by atoms with van der Waals surface area (Å²) in [6, 6.07) is 23.3. The molecule has 0 saturated carbocycles. The highest BCUT2D eigenvalue weighted by Gasteiger charge is 2.16. The van der Waals surface area contributed by atoms with Gasteiger partial charge in [-0.3, -0.25) is 4.72 Å². The van der Waals surface area contributed by atoms with Crippen molar-refractivity contribution in [1.82, 2.24) is 9.38 Å². The first-order valence-electron chi connectivity index (χ1n) is 10.3. The van der Waals surface area contributed by atoms with Crippen molar-refractivity contribution >= 4 is 32.1 Å². The highest BCUT2D eigenvalue weighted by molar-refractivity contribution is 7.92. The zero-order valence-electron chi connectivity index (χ0n) is 17.8. The topological polar surface area (TPSA) is 81.9 Å². The number of aromatic nitrogens is 2. The maximum Gasteiger partial charge on any atom is 0.261 e. The molecule has 3 aromatic carbocycles. The van der Waals surface area contributed by atoms with E-state index in [1.807, 2.05) is 59.3 Å². The van der Waals surface area contributed by atoms with Gasteiger partial charge < -0.3 is 13.9 Å². The van der Waals surface area contributed by atoms with E-state index < -0.39 is 10.0 Å². The SMILES string of the molecule is COc1ccc(NS(=O)(=O)c2ccc3ccccc3c2)cc1OCc1cn2ccccc2n1. The van der Waals surface area contributed by atoms with E-state index in [-0.39, 0.29) is 11.5 Å². The monoisotopic (exact) mass is 459 g/mol. The third-order valence-electron chi connectivity index (χ3n) is 5.24. The Morgan fingerprint density at radius 3 is 2.55 bits per heavy atom. The Labute approximate surface area is 191 Å². The summed E-state index contributed by atoms with van der Waals surface area (Å²) in [6.45, 7) is 0.207. The fourth-order valence-electron chi connectivity index (χ4n) is 3.61. The van der Waals surface area contributed by atoms with Crippen LogP contribution < -0.4 is 14.2 Å². The Morgan fingerprint density at radius 1 is 0.909 bits per heavy atom. The molecule has 0 aliphatic carbocycles. The molecule has 0 aliphatic heterocycles. The fourth-order valence-corrected chi connectivity index (χ4v) is 4.69. The second kappa shape index (κ2) is 8.48. The van der Waals surface area contributed by atoms with Crippen LogP contribution in [0, 0.1) is 0 Å². The molecular formula is C25H21N3O4S. The Morgan fingerprint density at radius 2 is 1.73 bits per heavy atom. The number of imidazole rings is 1. The van der Waals surface area contributed by atoms with Gasteiger partial charge in [-0.05, 0) is 47.2 Å². The molecule has 0 spiro atoms. The predicted molar refractivity (Wildman–Crippen MR) is 127 cm³/mol. The highest BCUT2D eigenvalue weighted by atomic mass is 32.2. The van der Waals surface area contributed by atoms with Crippen LogP contribution >= 0.6 is 0 Å². The minimum atomic E-state index is -3.79. The molecule has 166 valence electrons. The van der Waals surface area contributed by atoms with Gasteiger partial charge in [0.15, 0.2) is 11.5 Å². The van der Waals surface area contributed by atoms with Crippen molar-refractivity contribution in [2.75, 3.05) is 11.8 Å². The van der Waals surface area contributed by atoms with Gasteiger partial charge >= 0.3 is 0 Å². The predicted octanol–water partition coefficient (Wildman–Crippen LogP) is 4.88. The Bertz CT molecular complexity index is 1530.